The number of nitrogens with one attached hydrogen (secondary N) is 1. The molecule has 0 saturated carbocycles. The average Bonchev–Trinajstić information content (AvgIpc) is 3.22. The number of carbonyl (C=O) groups is 3. The molecule has 0 atom stereocenters. The highest BCUT2D eigenvalue weighted by molar-refractivity contribution is 6.42. The molecule has 2 heterocycles. The standard InChI is InChI=1S/C24H15N3O5/c1-26-21-16(22(31)27(2)23(26)32)24(19(29)13-9-5-6-10-14(13)20(24)30)15-17(25-21)11-7-3-4-8-12(11)18(15)28/h3-10,25H,1-2H3. The lowest BCUT2D eigenvalue weighted by atomic mass is 9.67. The van der Waals surface area contributed by atoms with E-state index in [4.69, 9.17) is 0 Å². The van der Waals surface area contributed by atoms with Gasteiger partial charge in [0.15, 0.2) is 22.8 Å². The molecule has 1 aromatic heterocycles. The third kappa shape index (κ3) is 1.78. The van der Waals surface area contributed by atoms with E-state index < -0.39 is 34.0 Å². The zero-order valence-electron chi connectivity index (χ0n) is 17.1. The van der Waals surface area contributed by atoms with Crippen molar-refractivity contribution in [3.05, 3.63) is 103 Å². The number of anilines is 1. The van der Waals surface area contributed by atoms with Gasteiger partial charge in [0.1, 0.15) is 5.82 Å². The van der Waals surface area contributed by atoms with Gasteiger partial charge in [-0.15, -0.1) is 0 Å². The van der Waals surface area contributed by atoms with Crippen LogP contribution in [0.3, 0.4) is 0 Å². The number of nitrogens with zero attached hydrogens (tertiary/aromatic N) is 2. The van der Waals surface area contributed by atoms with Gasteiger partial charge in [0.25, 0.3) is 5.56 Å². The number of allylic oxidation sites excluding steroid dienone is 1. The Balaban J connectivity index is 1.84. The molecule has 0 unspecified atom stereocenters. The summed E-state index contributed by atoms with van der Waals surface area (Å²) in [5, 5.41) is 3.05. The third-order valence-electron chi connectivity index (χ3n) is 6.67. The summed E-state index contributed by atoms with van der Waals surface area (Å²) in [7, 11) is 2.73. The summed E-state index contributed by atoms with van der Waals surface area (Å²) < 4.78 is 2.04. The molecule has 6 rings (SSSR count). The topological polar surface area (TPSA) is 107 Å². The van der Waals surface area contributed by atoms with E-state index in [1.54, 1.807) is 36.4 Å². The molecular weight excluding hydrogens is 410 g/mol. The van der Waals surface area contributed by atoms with E-state index in [1.165, 1.54) is 30.8 Å². The Labute approximate surface area is 180 Å². The minimum absolute atomic E-state index is 0.0378. The molecule has 2 aromatic carbocycles. The van der Waals surface area contributed by atoms with Gasteiger partial charge >= 0.3 is 5.69 Å². The minimum atomic E-state index is -2.16. The summed E-state index contributed by atoms with van der Waals surface area (Å²) in [6.07, 6.45) is 0. The van der Waals surface area contributed by atoms with Crippen molar-refractivity contribution >= 4 is 28.9 Å². The normalized spacial score (nSPS) is 17.2. The van der Waals surface area contributed by atoms with Gasteiger partial charge in [-0.3, -0.25) is 28.3 Å². The lowest BCUT2D eigenvalue weighted by molar-refractivity contribution is 0.0799. The summed E-state index contributed by atoms with van der Waals surface area (Å²) in [5.74, 6) is -1.72. The smallest absolute Gasteiger partial charge is 0.332 e. The predicted octanol–water partition coefficient (Wildman–Crippen LogP) is 1.43. The Morgan fingerprint density at radius 2 is 1.25 bits per heavy atom. The van der Waals surface area contributed by atoms with E-state index in [0.29, 0.717) is 11.1 Å². The predicted molar refractivity (Wildman–Crippen MR) is 115 cm³/mol. The van der Waals surface area contributed by atoms with Crippen LogP contribution in [0.25, 0.3) is 5.70 Å². The molecule has 0 amide bonds. The Morgan fingerprint density at radius 3 is 1.84 bits per heavy atom. The summed E-state index contributed by atoms with van der Waals surface area (Å²) >= 11 is 0. The molecule has 8 heteroatoms. The quantitative estimate of drug-likeness (QED) is 0.546. The summed E-state index contributed by atoms with van der Waals surface area (Å²) in [5.41, 5.74) is -2.41. The molecule has 0 bridgehead atoms. The van der Waals surface area contributed by atoms with Crippen LogP contribution < -0.4 is 16.6 Å². The first-order valence-corrected chi connectivity index (χ1v) is 9.96. The summed E-state index contributed by atoms with van der Waals surface area (Å²) in [6.45, 7) is 0. The van der Waals surface area contributed by atoms with Crippen LogP contribution in [0.1, 0.15) is 42.2 Å². The lowest BCUT2D eigenvalue weighted by Gasteiger charge is -2.34. The van der Waals surface area contributed by atoms with Gasteiger partial charge in [0, 0.05) is 36.3 Å². The molecule has 3 aliphatic rings. The van der Waals surface area contributed by atoms with Crippen LogP contribution in [0, 0.1) is 0 Å². The van der Waals surface area contributed by atoms with Crippen LogP contribution in [0.4, 0.5) is 5.82 Å². The number of ketones is 3. The van der Waals surface area contributed by atoms with Crippen LogP contribution in [0.5, 0.6) is 0 Å². The Morgan fingerprint density at radius 1 is 0.719 bits per heavy atom. The maximum Gasteiger partial charge on any atom is 0.332 e. The van der Waals surface area contributed by atoms with Gasteiger partial charge in [0.05, 0.1) is 16.8 Å². The molecule has 0 radical (unpaired) electrons. The fraction of sp³-hybridized carbons (Fsp3) is 0.125. The van der Waals surface area contributed by atoms with Crippen LogP contribution in [-0.4, -0.2) is 26.5 Å². The zero-order valence-corrected chi connectivity index (χ0v) is 17.1. The number of rotatable bonds is 0. The summed E-state index contributed by atoms with van der Waals surface area (Å²) in [4.78, 5) is 67.7. The van der Waals surface area contributed by atoms with E-state index in [-0.39, 0.29) is 33.8 Å². The van der Waals surface area contributed by atoms with Crippen molar-refractivity contribution < 1.29 is 14.4 Å². The van der Waals surface area contributed by atoms with Crippen molar-refractivity contribution in [2.45, 2.75) is 5.41 Å². The van der Waals surface area contributed by atoms with Crippen LogP contribution >= 0.6 is 0 Å². The highest BCUT2D eigenvalue weighted by atomic mass is 16.2. The van der Waals surface area contributed by atoms with Gasteiger partial charge in [-0.1, -0.05) is 48.5 Å². The second-order valence-corrected chi connectivity index (χ2v) is 8.13. The lowest BCUT2D eigenvalue weighted by Crippen LogP contribution is -2.53. The van der Waals surface area contributed by atoms with Crippen molar-refractivity contribution in [2.75, 3.05) is 5.32 Å². The molecule has 32 heavy (non-hydrogen) atoms. The first-order valence-electron chi connectivity index (χ1n) is 9.96. The molecule has 0 saturated heterocycles. The first kappa shape index (κ1) is 18.4. The monoisotopic (exact) mass is 425 g/mol. The maximum atomic E-state index is 14.0. The van der Waals surface area contributed by atoms with Crippen molar-refractivity contribution in [1.29, 1.82) is 0 Å². The number of carbonyl (C=O) groups excluding carboxylic acids is 3. The molecule has 1 aliphatic heterocycles. The van der Waals surface area contributed by atoms with E-state index in [9.17, 15) is 24.0 Å². The van der Waals surface area contributed by atoms with Crippen molar-refractivity contribution in [3.8, 4) is 0 Å². The molecule has 8 nitrogen and oxygen atoms in total. The van der Waals surface area contributed by atoms with E-state index >= 15 is 0 Å². The van der Waals surface area contributed by atoms with Crippen LogP contribution in [0.2, 0.25) is 0 Å². The molecule has 1 spiro atoms. The number of hydrogen-bond donors (Lipinski definition) is 1. The highest BCUT2D eigenvalue weighted by Crippen LogP contribution is 2.54. The zero-order chi connectivity index (χ0) is 22.5. The van der Waals surface area contributed by atoms with E-state index in [0.717, 1.165) is 4.57 Å². The molecule has 0 fully saturated rings. The molecular formula is C24H15N3O5. The van der Waals surface area contributed by atoms with E-state index in [1.807, 2.05) is 0 Å². The van der Waals surface area contributed by atoms with Gasteiger partial charge in [-0.05, 0) is 0 Å². The highest BCUT2D eigenvalue weighted by Gasteiger charge is 2.64. The van der Waals surface area contributed by atoms with Crippen LogP contribution in [-0.2, 0) is 19.5 Å². The van der Waals surface area contributed by atoms with Crippen molar-refractivity contribution in [3.63, 3.8) is 0 Å². The largest absolute Gasteiger partial charge is 0.340 e. The number of aromatic nitrogens is 2. The van der Waals surface area contributed by atoms with Gasteiger partial charge in [-0.2, -0.15) is 0 Å². The molecule has 2 aliphatic carbocycles. The van der Waals surface area contributed by atoms with E-state index in [2.05, 4.69) is 5.32 Å². The fourth-order valence-electron chi connectivity index (χ4n) is 5.18. The van der Waals surface area contributed by atoms with Gasteiger partial charge < -0.3 is 5.32 Å². The van der Waals surface area contributed by atoms with Crippen molar-refractivity contribution in [1.82, 2.24) is 9.13 Å². The maximum absolute atomic E-state index is 14.0. The first-order chi connectivity index (χ1) is 15.3. The SMILES string of the molecule is Cn1c2c(c(=O)n(C)c1=O)C1(C(=O)c3ccccc3C1=O)C1=C(N2)c2ccccc2C1=O. The van der Waals surface area contributed by atoms with Gasteiger partial charge in [0.2, 0.25) is 0 Å². The second-order valence-electron chi connectivity index (χ2n) is 8.13. The molecule has 156 valence electrons. The Hall–Kier alpha value is -4.33. The Kier molecular flexibility index (Phi) is 3.27. The van der Waals surface area contributed by atoms with Crippen molar-refractivity contribution in [2.24, 2.45) is 14.1 Å². The Bertz CT molecular complexity index is 1580. The number of benzene rings is 2. The molecule has 1 N–H and O–H groups in total. The molecule has 3 aromatic rings. The second kappa shape index (κ2) is 5.67. The minimum Gasteiger partial charge on any atom is -0.340 e. The number of hydrogen-bond acceptors (Lipinski definition) is 6. The number of fused-ring (bicyclic) bond motifs is 6. The number of Topliss-reactive ketones (excluding diaryl/α,β-unsaturated/α-hetero) is 3. The van der Waals surface area contributed by atoms with Gasteiger partial charge in [-0.25, -0.2) is 4.79 Å². The third-order valence-corrected chi connectivity index (χ3v) is 6.67. The fourth-order valence-corrected chi connectivity index (χ4v) is 5.18. The van der Waals surface area contributed by atoms with Crippen LogP contribution in [0.15, 0.2) is 63.7 Å². The summed E-state index contributed by atoms with van der Waals surface area (Å²) in [6, 6.07) is 13.0. The average molecular weight is 425 g/mol.